The lowest BCUT2D eigenvalue weighted by Gasteiger charge is -2.37. The first-order valence-electron chi connectivity index (χ1n) is 19.0. The molecule has 2 aromatic carbocycles. The summed E-state index contributed by atoms with van der Waals surface area (Å²) in [6.07, 6.45) is 6.54. The standard InChI is InChI=1S/C41H40N10O5/c1-3-17-49-38(54)31-23-42-41(46-36(31)51(49)33-15-7-25-6-5-24(4-2)35(25)44-33)43-26-8-10-27(11-9-26)47-18-20-48(21-19-47)28-12-13-29-30(22-28)40(56)50(39(29)55)32-14-16-34(52)45-37(32)53/h3,7-13,15,22-24,32H,1,4-6,14,16-21H2,2H3,(H,42,43,46)(H,45,52,53). The van der Waals surface area contributed by atoms with Crippen molar-refractivity contribution in [3.8, 4) is 5.82 Å². The second-order valence-corrected chi connectivity index (χ2v) is 14.6. The van der Waals surface area contributed by atoms with Crippen molar-refractivity contribution in [2.75, 3.05) is 41.3 Å². The van der Waals surface area contributed by atoms with Gasteiger partial charge >= 0.3 is 0 Å². The molecular formula is C41H40N10O5. The number of aromatic nitrogens is 5. The van der Waals surface area contributed by atoms with E-state index in [0.717, 1.165) is 60.0 Å². The molecule has 3 aliphatic heterocycles. The summed E-state index contributed by atoms with van der Waals surface area (Å²) in [4.78, 5) is 83.9. The zero-order valence-corrected chi connectivity index (χ0v) is 30.9. The number of carbonyl (C=O) groups excluding carboxylic acids is 4. The summed E-state index contributed by atoms with van der Waals surface area (Å²) in [5.74, 6) is -0.660. The quantitative estimate of drug-likeness (QED) is 0.165. The van der Waals surface area contributed by atoms with Gasteiger partial charge in [-0.05, 0) is 79.8 Å². The van der Waals surface area contributed by atoms with Crippen LogP contribution in [0, 0.1) is 0 Å². The van der Waals surface area contributed by atoms with Gasteiger partial charge in [0.1, 0.15) is 11.4 Å². The number of aryl methyl sites for hydroxylation is 1. The highest BCUT2D eigenvalue weighted by Gasteiger charge is 2.45. The zero-order valence-electron chi connectivity index (χ0n) is 30.9. The van der Waals surface area contributed by atoms with Crippen LogP contribution in [-0.4, -0.2) is 85.1 Å². The minimum atomic E-state index is -0.995. The van der Waals surface area contributed by atoms with Gasteiger partial charge in [0, 0.05) is 67.5 Å². The maximum absolute atomic E-state index is 13.5. The van der Waals surface area contributed by atoms with E-state index in [2.05, 4.69) is 45.0 Å². The molecular weight excluding hydrogens is 713 g/mol. The molecule has 3 aromatic heterocycles. The molecule has 6 heterocycles. The fraction of sp³-hybridized carbons (Fsp3) is 0.317. The fourth-order valence-corrected chi connectivity index (χ4v) is 8.41. The number of carbonyl (C=O) groups is 4. The molecule has 4 aliphatic rings. The maximum Gasteiger partial charge on any atom is 0.278 e. The van der Waals surface area contributed by atoms with Gasteiger partial charge in [0.05, 0.1) is 17.7 Å². The van der Waals surface area contributed by atoms with Crippen LogP contribution in [0.5, 0.6) is 0 Å². The lowest BCUT2D eigenvalue weighted by Crippen LogP contribution is -2.54. The van der Waals surface area contributed by atoms with E-state index in [1.165, 1.54) is 5.56 Å². The topological polar surface area (TPSA) is 168 Å². The van der Waals surface area contributed by atoms with Crippen LogP contribution in [0.2, 0.25) is 0 Å². The summed E-state index contributed by atoms with van der Waals surface area (Å²) in [6.45, 7) is 9.18. The number of imide groups is 2. The van der Waals surface area contributed by atoms with Crippen molar-refractivity contribution >= 4 is 57.7 Å². The highest BCUT2D eigenvalue weighted by Crippen LogP contribution is 2.35. The van der Waals surface area contributed by atoms with E-state index in [1.54, 1.807) is 33.8 Å². The minimum Gasteiger partial charge on any atom is -0.368 e. The van der Waals surface area contributed by atoms with E-state index in [-0.39, 0.29) is 29.5 Å². The summed E-state index contributed by atoms with van der Waals surface area (Å²) in [6, 6.07) is 16.3. The van der Waals surface area contributed by atoms with E-state index in [0.29, 0.717) is 48.4 Å². The average Bonchev–Trinajstić information content (AvgIpc) is 3.83. The number of anilines is 4. The van der Waals surface area contributed by atoms with Crippen molar-refractivity contribution < 1.29 is 19.2 Å². The Hall–Kier alpha value is -6.64. The molecule has 0 spiro atoms. The van der Waals surface area contributed by atoms with Gasteiger partial charge < -0.3 is 15.1 Å². The largest absolute Gasteiger partial charge is 0.368 e. The number of fused-ring (bicyclic) bond motifs is 3. The van der Waals surface area contributed by atoms with E-state index in [9.17, 15) is 24.0 Å². The Labute approximate surface area is 321 Å². The smallest absolute Gasteiger partial charge is 0.278 e. The fourth-order valence-electron chi connectivity index (χ4n) is 8.41. The summed E-state index contributed by atoms with van der Waals surface area (Å²) in [5, 5.41) is 5.93. The number of piperidine rings is 1. The Morgan fingerprint density at radius 3 is 2.32 bits per heavy atom. The van der Waals surface area contributed by atoms with Gasteiger partial charge in [-0.15, -0.1) is 6.58 Å². The monoisotopic (exact) mass is 752 g/mol. The number of allylic oxidation sites excluding steroid dienone is 1. The van der Waals surface area contributed by atoms with Gasteiger partial charge in [-0.25, -0.2) is 19.3 Å². The molecule has 2 atom stereocenters. The maximum atomic E-state index is 13.5. The summed E-state index contributed by atoms with van der Waals surface area (Å²) in [7, 11) is 0. The molecule has 15 heteroatoms. The predicted octanol–water partition coefficient (Wildman–Crippen LogP) is 4.07. The van der Waals surface area contributed by atoms with Gasteiger partial charge in [0.25, 0.3) is 17.4 Å². The highest BCUT2D eigenvalue weighted by molar-refractivity contribution is 6.23. The highest BCUT2D eigenvalue weighted by atomic mass is 16.2. The van der Waals surface area contributed by atoms with Crippen LogP contribution in [0.4, 0.5) is 23.0 Å². The molecule has 1 aliphatic carbocycles. The van der Waals surface area contributed by atoms with E-state index in [4.69, 9.17) is 9.97 Å². The zero-order chi connectivity index (χ0) is 38.7. The number of benzene rings is 2. The molecule has 4 amide bonds. The van der Waals surface area contributed by atoms with Crippen LogP contribution in [-0.2, 0) is 22.6 Å². The number of nitrogens with zero attached hydrogens (tertiary/aromatic N) is 8. The molecule has 5 aromatic rings. The third-order valence-corrected chi connectivity index (χ3v) is 11.4. The molecule has 0 radical (unpaired) electrons. The molecule has 56 heavy (non-hydrogen) atoms. The van der Waals surface area contributed by atoms with Crippen LogP contribution in [0.3, 0.4) is 0 Å². The normalized spacial score (nSPS) is 19.4. The van der Waals surface area contributed by atoms with Crippen molar-refractivity contribution in [3.63, 3.8) is 0 Å². The molecule has 2 fully saturated rings. The second kappa shape index (κ2) is 13.9. The Bertz CT molecular complexity index is 2520. The van der Waals surface area contributed by atoms with Crippen LogP contribution in [0.1, 0.15) is 70.5 Å². The third-order valence-electron chi connectivity index (χ3n) is 11.4. The number of hydrogen-bond acceptors (Lipinski definition) is 11. The lowest BCUT2D eigenvalue weighted by atomic mass is 10.0. The number of amides is 4. The predicted molar refractivity (Wildman–Crippen MR) is 210 cm³/mol. The van der Waals surface area contributed by atoms with Crippen molar-refractivity contribution in [2.24, 2.45) is 0 Å². The minimum absolute atomic E-state index is 0.0767. The first-order chi connectivity index (χ1) is 27.2. The van der Waals surface area contributed by atoms with Crippen molar-refractivity contribution in [1.82, 2.24) is 34.5 Å². The van der Waals surface area contributed by atoms with E-state index in [1.807, 2.05) is 36.4 Å². The van der Waals surface area contributed by atoms with Gasteiger partial charge in [-0.2, -0.15) is 4.98 Å². The number of rotatable bonds is 9. The number of hydrogen-bond donors (Lipinski definition) is 2. The second-order valence-electron chi connectivity index (χ2n) is 14.6. The number of piperazine rings is 1. The molecule has 15 nitrogen and oxygen atoms in total. The van der Waals surface area contributed by atoms with Crippen molar-refractivity contribution in [1.29, 1.82) is 0 Å². The number of nitrogens with one attached hydrogen (secondary N) is 2. The van der Waals surface area contributed by atoms with Gasteiger partial charge in [0.15, 0.2) is 11.5 Å². The van der Waals surface area contributed by atoms with Crippen LogP contribution < -0.4 is 26.0 Å². The Morgan fingerprint density at radius 1 is 0.857 bits per heavy atom. The first kappa shape index (κ1) is 35.1. The summed E-state index contributed by atoms with van der Waals surface area (Å²) in [5.41, 5.74) is 5.81. The molecule has 284 valence electrons. The van der Waals surface area contributed by atoms with E-state index < -0.39 is 29.7 Å². The Balaban J connectivity index is 0.883. The summed E-state index contributed by atoms with van der Waals surface area (Å²) >= 11 is 0. The van der Waals surface area contributed by atoms with Gasteiger partial charge in [0.2, 0.25) is 17.8 Å². The molecule has 9 rings (SSSR count). The lowest BCUT2D eigenvalue weighted by molar-refractivity contribution is -0.136. The van der Waals surface area contributed by atoms with Crippen LogP contribution in [0.25, 0.3) is 16.9 Å². The van der Waals surface area contributed by atoms with Crippen LogP contribution >= 0.6 is 0 Å². The first-order valence-corrected chi connectivity index (χ1v) is 19.0. The van der Waals surface area contributed by atoms with Gasteiger partial charge in [-0.3, -0.25) is 34.2 Å². The number of pyridine rings is 1. The summed E-state index contributed by atoms with van der Waals surface area (Å²) < 4.78 is 3.37. The molecule has 2 unspecified atom stereocenters. The molecule has 2 saturated heterocycles. The van der Waals surface area contributed by atoms with Gasteiger partial charge in [-0.1, -0.05) is 19.1 Å². The average molecular weight is 753 g/mol. The van der Waals surface area contributed by atoms with Crippen LogP contribution in [0.15, 0.2) is 78.2 Å². The molecule has 0 bridgehead atoms. The third kappa shape index (κ3) is 5.90. The Kier molecular flexibility index (Phi) is 8.70. The molecule has 0 saturated carbocycles. The van der Waals surface area contributed by atoms with E-state index >= 15 is 0 Å². The SMILES string of the molecule is C=CCn1c(=O)c2cnc(Nc3ccc(N4CCN(c5ccc6c(c5)C(=O)N(C5CCC(=O)NC5=O)C6=O)CC4)cc3)nc2n1-c1ccc2c(n1)C(CC)CC2. The molecule has 2 N–H and O–H groups in total. The Morgan fingerprint density at radius 2 is 1.59 bits per heavy atom. The van der Waals surface area contributed by atoms with Crippen molar-refractivity contribution in [2.45, 2.75) is 57.5 Å². The van der Waals surface area contributed by atoms with Crippen molar-refractivity contribution in [3.05, 3.63) is 106 Å².